The highest BCUT2D eigenvalue weighted by molar-refractivity contribution is 6.21. The van der Waals surface area contributed by atoms with Crippen LogP contribution in [0.5, 0.6) is 0 Å². The number of imide groups is 1. The molecule has 0 radical (unpaired) electrons. The van der Waals surface area contributed by atoms with E-state index in [0.717, 1.165) is 5.69 Å². The van der Waals surface area contributed by atoms with Gasteiger partial charge in [-0.15, -0.1) is 0 Å². The van der Waals surface area contributed by atoms with Crippen LogP contribution in [0.4, 0.5) is 4.79 Å². The lowest BCUT2D eigenvalue weighted by Crippen LogP contribution is -2.41. The van der Waals surface area contributed by atoms with E-state index in [1.165, 1.54) is 4.90 Å². The van der Waals surface area contributed by atoms with E-state index in [1.807, 2.05) is 32.9 Å². The molecule has 3 amide bonds. The third-order valence-corrected chi connectivity index (χ3v) is 5.17. The highest BCUT2D eigenvalue weighted by Crippen LogP contribution is 2.23. The zero-order valence-electron chi connectivity index (χ0n) is 19.9. The summed E-state index contributed by atoms with van der Waals surface area (Å²) in [5, 5.41) is 12.4. The lowest BCUT2D eigenvalue weighted by molar-refractivity contribution is 0.0242. The maximum atomic E-state index is 12.6. The molecule has 0 fully saturated rings. The number of hydrogen-bond donors (Lipinski definition) is 2. The third-order valence-electron chi connectivity index (χ3n) is 5.17. The summed E-state index contributed by atoms with van der Waals surface area (Å²) in [5.41, 5.74) is 1.62. The summed E-state index contributed by atoms with van der Waals surface area (Å²) >= 11 is 0. The van der Waals surface area contributed by atoms with Crippen molar-refractivity contribution in [2.24, 2.45) is 0 Å². The fourth-order valence-corrected chi connectivity index (χ4v) is 3.57. The minimum absolute atomic E-state index is 0.00343. The minimum Gasteiger partial charge on any atom is -0.444 e. The second-order valence-electron chi connectivity index (χ2n) is 9.08. The molecular weight excluding hydrogens is 436 g/mol. The Balaban J connectivity index is 1.53. The average Bonchev–Trinajstić information content (AvgIpc) is 3.03. The number of aromatic nitrogens is 1. The number of carbonyl (C=O) groups excluding carboxylic acids is 3. The quantitative estimate of drug-likeness (QED) is 0.407. The molecule has 2 heterocycles. The molecule has 34 heavy (non-hydrogen) atoms. The predicted octanol–water partition coefficient (Wildman–Crippen LogP) is 2.59. The lowest BCUT2D eigenvalue weighted by Gasteiger charge is -2.27. The maximum absolute atomic E-state index is 12.6. The monoisotopic (exact) mass is 468 g/mol. The zero-order chi connectivity index (χ0) is 24.7. The van der Waals surface area contributed by atoms with Gasteiger partial charge in [0, 0.05) is 32.8 Å². The highest BCUT2D eigenvalue weighted by atomic mass is 16.6. The van der Waals surface area contributed by atoms with Crippen LogP contribution < -0.4 is 5.32 Å². The van der Waals surface area contributed by atoms with Crippen LogP contribution in [0.15, 0.2) is 42.5 Å². The van der Waals surface area contributed by atoms with E-state index in [-0.39, 0.29) is 25.0 Å². The standard InChI is InChI=1S/C25H32N4O5/c1-25(2,3)34-24(33)28(13-7-15-30)14-12-26-16-18-8-6-9-19(27-18)17-29-22(31)20-10-4-5-11-21(20)23(29)32/h4-6,8-11,26,30H,7,12-17H2,1-3H3. The van der Waals surface area contributed by atoms with Crippen molar-refractivity contribution >= 4 is 17.9 Å². The van der Waals surface area contributed by atoms with Gasteiger partial charge in [0.1, 0.15) is 5.60 Å². The van der Waals surface area contributed by atoms with Gasteiger partial charge >= 0.3 is 6.09 Å². The van der Waals surface area contributed by atoms with Crippen molar-refractivity contribution in [3.63, 3.8) is 0 Å². The van der Waals surface area contributed by atoms with E-state index in [2.05, 4.69) is 10.3 Å². The SMILES string of the molecule is CC(C)(C)OC(=O)N(CCCO)CCNCc1cccc(CN2C(=O)c3ccccc3C2=O)n1. The van der Waals surface area contributed by atoms with Crippen LogP contribution in [-0.4, -0.2) is 69.6 Å². The number of ether oxygens (including phenoxy) is 1. The number of nitrogens with one attached hydrogen (secondary N) is 1. The molecule has 0 bridgehead atoms. The van der Waals surface area contributed by atoms with E-state index in [1.54, 1.807) is 35.2 Å². The number of fused-ring (bicyclic) bond motifs is 1. The van der Waals surface area contributed by atoms with Crippen LogP contribution in [0.1, 0.15) is 59.3 Å². The summed E-state index contributed by atoms with van der Waals surface area (Å²) in [7, 11) is 0. The molecule has 1 aliphatic heterocycles. The molecule has 2 aromatic rings. The molecule has 0 unspecified atom stereocenters. The molecule has 0 atom stereocenters. The van der Waals surface area contributed by atoms with Crippen molar-refractivity contribution in [1.82, 2.24) is 20.1 Å². The molecule has 1 aromatic heterocycles. The Labute approximate surface area is 199 Å². The van der Waals surface area contributed by atoms with Crippen LogP contribution in [0, 0.1) is 0 Å². The van der Waals surface area contributed by atoms with E-state index in [0.29, 0.717) is 49.4 Å². The molecule has 9 heteroatoms. The molecule has 182 valence electrons. The summed E-state index contributed by atoms with van der Waals surface area (Å²) in [6, 6.07) is 12.3. The molecule has 1 aliphatic rings. The van der Waals surface area contributed by atoms with E-state index >= 15 is 0 Å². The second-order valence-corrected chi connectivity index (χ2v) is 9.08. The normalized spacial score (nSPS) is 13.2. The van der Waals surface area contributed by atoms with Crippen molar-refractivity contribution in [3.8, 4) is 0 Å². The summed E-state index contributed by atoms with van der Waals surface area (Å²) in [4.78, 5) is 44.9. The molecule has 0 spiro atoms. The predicted molar refractivity (Wildman–Crippen MR) is 126 cm³/mol. The number of rotatable bonds is 10. The average molecular weight is 469 g/mol. The van der Waals surface area contributed by atoms with Gasteiger partial charge in [0.25, 0.3) is 11.8 Å². The molecule has 0 saturated heterocycles. The van der Waals surface area contributed by atoms with Crippen molar-refractivity contribution in [3.05, 3.63) is 65.0 Å². The summed E-state index contributed by atoms with van der Waals surface area (Å²) < 4.78 is 5.44. The van der Waals surface area contributed by atoms with Gasteiger partial charge in [-0.2, -0.15) is 0 Å². The Bertz CT molecular complexity index is 999. The number of aliphatic hydroxyl groups excluding tert-OH is 1. The zero-order valence-corrected chi connectivity index (χ0v) is 19.9. The molecular formula is C25H32N4O5. The van der Waals surface area contributed by atoms with Gasteiger partial charge in [-0.3, -0.25) is 19.5 Å². The van der Waals surface area contributed by atoms with Crippen molar-refractivity contribution in [2.45, 2.75) is 45.9 Å². The van der Waals surface area contributed by atoms with Gasteiger partial charge in [-0.05, 0) is 51.5 Å². The smallest absolute Gasteiger partial charge is 0.410 e. The number of amides is 3. The first-order chi connectivity index (χ1) is 16.2. The van der Waals surface area contributed by atoms with Crippen molar-refractivity contribution < 1.29 is 24.2 Å². The van der Waals surface area contributed by atoms with E-state index < -0.39 is 11.7 Å². The topological polar surface area (TPSA) is 112 Å². The number of pyridine rings is 1. The van der Waals surface area contributed by atoms with Crippen LogP contribution in [0.3, 0.4) is 0 Å². The Morgan fingerprint density at radius 3 is 2.29 bits per heavy atom. The Morgan fingerprint density at radius 2 is 1.68 bits per heavy atom. The van der Waals surface area contributed by atoms with Crippen LogP contribution >= 0.6 is 0 Å². The fraction of sp³-hybridized carbons (Fsp3) is 0.440. The summed E-state index contributed by atoms with van der Waals surface area (Å²) in [5.74, 6) is -0.618. The van der Waals surface area contributed by atoms with Gasteiger partial charge in [0.2, 0.25) is 0 Å². The van der Waals surface area contributed by atoms with Crippen molar-refractivity contribution in [1.29, 1.82) is 0 Å². The van der Waals surface area contributed by atoms with Crippen LogP contribution in [-0.2, 0) is 17.8 Å². The number of carbonyl (C=O) groups is 3. The third kappa shape index (κ3) is 6.61. The van der Waals surface area contributed by atoms with Crippen LogP contribution in [0.25, 0.3) is 0 Å². The van der Waals surface area contributed by atoms with Gasteiger partial charge in [-0.25, -0.2) is 4.79 Å². The summed E-state index contributed by atoms with van der Waals surface area (Å²) in [6.07, 6.45) is 0.0597. The number of hydrogen-bond acceptors (Lipinski definition) is 7. The summed E-state index contributed by atoms with van der Waals surface area (Å²) in [6.45, 7) is 7.33. The van der Waals surface area contributed by atoms with Gasteiger partial charge < -0.3 is 20.1 Å². The molecule has 0 saturated carbocycles. The Morgan fingerprint density at radius 1 is 1.03 bits per heavy atom. The molecule has 1 aromatic carbocycles. The highest BCUT2D eigenvalue weighted by Gasteiger charge is 2.35. The minimum atomic E-state index is -0.591. The first kappa shape index (κ1) is 25.3. The lowest BCUT2D eigenvalue weighted by atomic mass is 10.1. The van der Waals surface area contributed by atoms with Crippen molar-refractivity contribution in [2.75, 3.05) is 26.2 Å². The molecule has 9 nitrogen and oxygen atoms in total. The Hall–Kier alpha value is -3.30. The van der Waals surface area contributed by atoms with Gasteiger partial charge in [0.05, 0.1) is 29.1 Å². The number of nitrogens with zero attached hydrogens (tertiary/aromatic N) is 3. The maximum Gasteiger partial charge on any atom is 0.410 e. The largest absolute Gasteiger partial charge is 0.444 e. The van der Waals surface area contributed by atoms with E-state index in [4.69, 9.17) is 9.84 Å². The first-order valence-corrected chi connectivity index (χ1v) is 11.4. The molecule has 2 N–H and O–H groups in total. The molecule has 3 rings (SSSR count). The number of aliphatic hydroxyl groups is 1. The van der Waals surface area contributed by atoms with Gasteiger partial charge in [-0.1, -0.05) is 18.2 Å². The van der Waals surface area contributed by atoms with Gasteiger partial charge in [0.15, 0.2) is 0 Å². The fourth-order valence-electron chi connectivity index (χ4n) is 3.57. The second kappa shape index (κ2) is 11.2. The Kier molecular flexibility index (Phi) is 8.36. The molecule has 0 aliphatic carbocycles. The van der Waals surface area contributed by atoms with Crippen LogP contribution in [0.2, 0.25) is 0 Å². The number of benzene rings is 1. The first-order valence-electron chi connectivity index (χ1n) is 11.4. The van der Waals surface area contributed by atoms with E-state index in [9.17, 15) is 14.4 Å².